The number of amides is 2. The lowest BCUT2D eigenvalue weighted by Crippen LogP contribution is -2.58. The fourth-order valence-corrected chi connectivity index (χ4v) is 4.39. The van der Waals surface area contributed by atoms with Crippen molar-refractivity contribution < 1.29 is 19.1 Å². The second-order valence-electron chi connectivity index (χ2n) is 9.50. The Balaban J connectivity index is 1.50. The third-order valence-electron chi connectivity index (χ3n) is 5.78. The molecule has 2 aromatic carbocycles. The summed E-state index contributed by atoms with van der Waals surface area (Å²) in [6.45, 7) is 7.41. The molecule has 1 saturated carbocycles. The molecule has 2 fully saturated rings. The number of benzene rings is 2. The van der Waals surface area contributed by atoms with Gasteiger partial charge in [-0.3, -0.25) is 4.79 Å². The minimum absolute atomic E-state index is 0.0595. The van der Waals surface area contributed by atoms with Crippen LogP contribution < -0.4 is 4.74 Å². The lowest BCUT2D eigenvalue weighted by molar-refractivity contribution is 0.000534. The number of hydrogen-bond donors (Lipinski definition) is 0. The zero-order chi connectivity index (χ0) is 22.9. The largest absolute Gasteiger partial charge is 0.488 e. The molecule has 1 spiro atoms. The van der Waals surface area contributed by atoms with Crippen molar-refractivity contribution in [1.82, 2.24) is 9.80 Å². The number of ether oxygens (including phenoxy) is 2. The Morgan fingerprint density at radius 2 is 1.78 bits per heavy atom. The molecule has 0 atom stereocenters. The predicted octanol–water partition coefficient (Wildman–Crippen LogP) is 5.25. The van der Waals surface area contributed by atoms with Crippen molar-refractivity contribution in [2.45, 2.75) is 51.4 Å². The Labute approximate surface area is 197 Å². The zero-order valence-corrected chi connectivity index (χ0v) is 20.4. The average Bonchev–Trinajstić information content (AvgIpc) is 3.51. The molecule has 1 aliphatic heterocycles. The lowest BCUT2D eigenvalue weighted by Gasteiger charge is -2.42. The Hall–Kier alpha value is -2.54. The van der Waals surface area contributed by atoms with Crippen LogP contribution in [0.15, 0.2) is 53.0 Å². The van der Waals surface area contributed by atoms with Crippen molar-refractivity contribution in [1.29, 1.82) is 0 Å². The van der Waals surface area contributed by atoms with Gasteiger partial charge in [-0.15, -0.1) is 0 Å². The van der Waals surface area contributed by atoms with E-state index in [2.05, 4.69) is 15.9 Å². The van der Waals surface area contributed by atoms with Crippen molar-refractivity contribution in [2.75, 3.05) is 19.6 Å². The standard InChI is InChI=1S/C25H29BrN2O4/c1-24(2,3)32-23(30)27-13-14-28(25(17-27)11-12-25)22(29)20-15-19(26)9-10-21(20)31-16-18-7-5-4-6-8-18/h4-10,15H,11-14,16-17H2,1-3H3. The molecule has 0 N–H and O–H groups in total. The first kappa shape index (κ1) is 22.6. The summed E-state index contributed by atoms with van der Waals surface area (Å²) < 4.78 is 12.4. The second-order valence-corrected chi connectivity index (χ2v) is 10.4. The number of piperazine rings is 1. The lowest BCUT2D eigenvalue weighted by atomic mass is 10.1. The van der Waals surface area contributed by atoms with Crippen LogP contribution in [0.25, 0.3) is 0 Å². The topological polar surface area (TPSA) is 59.1 Å². The maximum atomic E-state index is 13.6. The zero-order valence-electron chi connectivity index (χ0n) is 18.8. The molecule has 7 heteroatoms. The van der Waals surface area contributed by atoms with Crippen LogP contribution in [0, 0.1) is 0 Å². The van der Waals surface area contributed by atoms with E-state index in [1.54, 1.807) is 4.90 Å². The van der Waals surface area contributed by atoms with Crippen molar-refractivity contribution in [3.8, 4) is 5.75 Å². The normalized spacial score (nSPS) is 17.2. The van der Waals surface area contributed by atoms with E-state index in [4.69, 9.17) is 9.47 Å². The maximum Gasteiger partial charge on any atom is 0.410 e. The highest BCUT2D eigenvalue weighted by molar-refractivity contribution is 9.10. The average molecular weight is 501 g/mol. The summed E-state index contributed by atoms with van der Waals surface area (Å²) >= 11 is 3.49. The van der Waals surface area contributed by atoms with Crippen LogP contribution >= 0.6 is 15.9 Å². The molecule has 4 rings (SSSR count). The SMILES string of the molecule is CC(C)(C)OC(=O)N1CCN(C(=O)c2cc(Br)ccc2OCc2ccccc2)C2(CC2)C1. The molecule has 2 amide bonds. The first-order valence-corrected chi connectivity index (χ1v) is 11.7. The van der Waals surface area contributed by atoms with Gasteiger partial charge in [0.05, 0.1) is 11.1 Å². The predicted molar refractivity (Wildman–Crippen MR) is 126 cm³/mol. The molecule has 1 aliphatic carbocycles. The second kappa shape index (κ2) is 8.77. The van der Waals surface area contributed by atoms with Crippen LogP contribution in [0.3, 0.4) is 0 Å². The molecule has 0 unspecified atom stereocenters. The van der Waals surface area contributed by atoms with Crippen molar-refractivity contribution >= 4 is 27.9 Å². The smallest absolute Gasteiger partial charge is 0.410 e. The van der Waals surface area contributed by atoms with Crippen LogP contribution in [-0.4, -0.2) is 52.6 Å². The van der Waals surface area contributed by atoms with Crippen molar-refractivity contribution in [3.63, 3.8) is 0 Å². The summed E-state index contributed by atoms with van der Waals surface area (Å²) in [5, 5.41) is 0. The summed E-state index contributed by atoms with van der Waals surface area (Å²) in [4.78, 5) is 29.9. The molecule has 0 aromatic heterocycles. The number of halogens is 1. The highest BCUT2D eigenvalue weighted by Crippen LogP contribution is 2.45. The van der Waals surface area contributed by atoms with Gasteiger partial charge in [0.25, 0.3) is 5.91 Å². The fourth-order valence-electron chi connectivity index (χ4n) is 4.03. The van der Waals surface area contributed by atoms with Gasteiger partial charge in [-0.1, -0.05) is 46.3 Å². The van der Waals surface area contributed by atoms with E-state index in [0.717, 1.165) is 22.9 Å². The number of rotatable bonds is 4. The quantitative estimate of drug-likeness (QED) is 0.574. The van der Waals surface area contributed by atoms with Gasteiger partial charge >= 0.3 is 6.09 Å². The molecule has 2 aliphatic rings. The number of nitrogens with zero attached hydrogens (tertiary/aromatic N) is 2. The monoisotopic (exact) mass is 500 g/mol. The number of hydrogen-bond acceptors (Lipinski definition) is 4. The molecular formula is C25H29BrN2O4. The minimum atomic E-state index is -0.540. The van der Waals surface area contributed by atoms with E-state index in [0.29, 0.717) is 37.6 Å². The maximum absolute atomic E-state index is 13.6. The third-order valence-corrected chi connectivity index (χ3v) is 6.28. The van der Waals surface area contributed by atoms with Gasteiger partial charge in [0.2, 0.25) is 0 Å². The van der Waals surface area contributed by atoms with E-state index in [1.165, 1.54) is 0 Å². The molecule has 0 radical (unpaired) electrons. The van der Waals surface area contributed by atoms with Crippen molar-refractivity contribution in [3.05, 3.63) is 64.1 Å². The molecule has 1 heterocycles. The fraction of sp³-hybridized carbons (Fsp3) is 0.440. The van der Waals surface area contributed by atoms with Crippen LogP contribution in [0.2, 0.25) is 0 Å². The first-order valence-electron chi connectivity index (χ1n) is 10.9. The number of carbonyl (C=O) groups is 2. The van der Waals surface area contributed by atoms with E-state index in [-0.39, 0.29) is 17.5 Å². The van der Waals surface area contributed by atoms with E-state index < -0.39 is 5.60 Å². The van der Waals surface area contributed by atoms with Gasteiger partial charge in [-0.05, 0) is 57.4 Å². The van der Waals surface area contributed by atoms with Gasteiger partial charge in [0, 0.05) is 24.1 Å². The van der Waals surface area contributed by atoms with Crippen molar-refractivity contribution in [2.24, 2.45) is 0 Å². The van der Waals surface area contributed by atoms with Crippen LogP contribution in [0.5, 0.6) is 5.75 Å². The summed E-state index contributed by atoms with van der Waals surface area (Å²) in [5.74, 6) is 0.503. The summed E-state index contributed by atoms with van der Waals surface area (Å²) in [6, 6.07) is 15.4. The van der Waals surface area contributed by atoms with Gasteiger partial charge in [0.15, 0.2) is 0 Å². The van der Waals surface area contributed by atoms with Crippen LogP contribution in [-0.2, 0) is 11.3 Å². The van der Waals surface area contributed by atoms with Gasteiger partial charge in [-0.2, -0.15) is 0 Å². The van der Waals surface area contributed by atoms with Crippen LogP contribution in [0.1, 0.15) is 49.5 Å². The Kier molecular flexibility index (Phi) is 6.21. The highest BCUT2D eigenvalue weighted by Gasteiger charge is 2.54. The van der Waals surface area contributed by atoms with E-state index in [1.807, 2.05) is 74.2 Å². The molecule has 32 heavy (non-hydrogen) atoms. The molecule has 2 aromatic rings. The first-order chi connectivity index (χ1) is 15.2. The number of carbonyl (C=O) groups excluding carboxylic acids is 2. The Morgan fingerprint density at radius 3 is 2.44 bits per heavy atom. The molecule has 6 nitrogen and oxygen atoms in total. The van der Waals surface area contributed by atoms with Gasteiger partial charge < -0.3 is 19.3 Å². The summed E-state index contributed by atoms with van der Waals surface area (Å²) in [5.41, 5.74) is 0.721. The Morgan fingerprint density at radius 1 is 1.06 bits per heavy atom. The van der Waals surface area contributed by atoms with E-state index >= 15 is 0 Å². The third kappa shape index (κ3) is 5.09. The Bertz CT molecular complexity index is 999. The molecular weight excluding hydrogens is 472 g/mol. The van der Waals surface area contributed by atoms with Gasteiger partial charge in [-0.25, -0.2) is 4.79 Å². The highest BCUT2D eigenvalue weighted by atomic mass is 79.9. The van der Waals surface area contributed by atoms with E-state index in [9.17, 15) is 9.59 Å². The summed E-state index contributed by atoms with van der Waals surface area (Å²) in [7, 11) is 0. The summed E-state index contributed by atoms with van der Waals surface area (Å²) in [6.07, 6.45) is 1.45. The molecule has 0 bridgehead atoms. The minimum Gasteiger partial charge on any atom is -0.488 e. The van der Waals surface area contributed by atoms with Crippen LogP contribution in [0.4, 0.5) is 4.79 Å². The molecule has 1 saturated heterocycles. The van der Waals surface area contributed by atoms with Gasteiger partial charge in [0.1, 0.15) is 18.0 Å². The molecule has 170 valence electrons.